The SMILES string of the molecule is Cc1ccnc(OC2CCNC2=O)c1. The molecular formula is C10H12N2O2. The molecule has 2 heterocycles. The van der Waals surface area contributed by atoms with Crippen LogP contribution < -0.4 is 10.1 Å². The van der Waals surface area contributed by atoms with Gasteiger partial charge in [-0.05, 0) is 18.6 Å². The normalized spacial score (nSPS) is 20.6. The van der Waals surface area contributed by atoms with E-state index in [1.165, 1.54) is 0 Å². The van der Waals surface area contributed by atoms with Gasteiger partial charge in [-0.2, -0.15) is 0 Å². The number of rotatable bonds is 2. The molecule has 0 bridgehead atoms. The molecule has 0 aliphatic carbocycles. The molecule has 0 aromatic carbocycles. The van der Waals surface area contributed by atoms with Crippen molar-refractivity contribution in [1.82, 2.24) is 10.3 Å². The van der Waals surface area contributed by atoms with Crippen LogP contribution in [0.25, 0.3) is 0 Å². The molecular weight excluding hydrogens is 180 g/mol. The molecule has 1 atom stereocenters. The molecule has 1 unspecified atom stereocenters. The highest BCUT2D eigenvalue weighted by molar-refractivity contribution is 5.83. The number of ether oxygens (including phenoxy) is 1. The fourth-order valence-corrected chi connectivity index (χ4v) is 1.40. The van der Waals surface area contributed by atoms with E-state index in [0.717, 1.165) is 5.56 Å². The Morgan fingerprint density at radius 2 is 2.50 bits per heavy atom. The number of hydrogen-bond donors (Lipinski definition) is 1. The number of hydrogen-bond acceptors (Lipinski definition) is 3. The molecule has 0 spiro atoms. The van der Waals surface area contributed by atoms with Gasteiger partial charge in [0.2, 0.25) is 5.88 Å². The van der Waals surface area contributed by atoms with Gasteiger partial charge in [-0.15, -0.1) is 0 Å². The van der Waals surface area contributed by atoms with E-state index in [2.05, 4.69) is 10.3 Å². The predicted molar refractivity (Wildman–Crippen MR) is 51.0 cm³/mol. The van der Waals surface area contributed by atoms with E-state index in [9.17, 15) is 4.79 Å². The Bertz CT molecular complexity index is 352. The molecule has 14 heavy (non-hydrogen) atoms. The van der Waals surface area contributed by atoms with Crippen LogP contribution in [-0.2, 0) is 4.79 Å². The summed E-state index contributed by atoms with van der Waals surface area (Å²) in [6, 6.07) is 3.72. The second-order valence-corrected chi connectivity index (χ2v) is 3.36. The quantitative estimate of drug-likeness (QED) is 0.748. The molecule has 2 rings (SSSR count). The Kier molecular flexibility index (Phi) is 2.35. The summed E-state index contributed by atoms with van der Waals surface area (Å²) in [4.78, 5) is 15.2. The lowest BCUT2D eigenvalue weighted by Crippen LogP contribution is -2.27. The monoisotopic (exact) mass is 192 g/mol. The van der Waals surface area contributed by atoms with Crippen molar-refractivity contribution in [2.75, 3.05) is 6.54 Å². The first-order chi connectivity index (χ1) is 6.75. The zero-order chi connectivity index (χ0) is 9.97. The average Bonchev–Trinajstić information content (AvgIpc) is 2.52. The molecule has 1 fully saturated rings. The van der Waals surface area contributed by atoms with E-state index in [1.54, 1.807) is 6.20 Å². The summed E-state index contributed by atoms with van der Waals surface area (Å²) < 4.78 is 5.45. The number of nitrogens with one attached hydrogen (secondary N) is 1. The Morgan fingerprint density at radius 3 is 3.14 bits per heavy atom. The van der Waals surface area contributed by atoms with E-state index >= 15 is 0 Å². The van der Waals surface area contributed by atoms with E-state index in [-0.39, 0.29) is 12.0 Å². The van der Waals surface area contributed by atoms with Crippen LogP contribution in [-0.4, -0.2) is 23.5 Å². The van der Waals surface area contributed by atoms with Crippen LogP contribution in [0.1, 0.15) is 12.0 Å². The number of carbonyl (C=O) groups excluding carboxylic acids is 1. The van der Waals surface area contributed by atoms with E-state index in [1.807, 2.05) is 19.1 Å². The number of pyridine rings is 1. The molecule has 1 aliphatic heterocycles. The lowest BCUT2D eigenvalue weighted by atomic mass is 10.3. The summed E-state index contributed by atoms with van der Waals surface area (Å²) in [5, 5.41) is 2.71. The third-order valence-electron chi connectivity index (χ3n) is 2.15. The molecule has 1 aliphatic rings. The predicted octanol–water partition coefficient (Wildman–Crippen LogP) is 0.657. The Balaban J connectivity index is 2.07. The van der Waals surface area contributed by atoms with Gasteiger partial charge in [0.1, 0.15) is 0 Å². The molecule has 1 amide bonds. The average molecular weight is 192 g/mol. The second kappa shape index (κ2) is 3.65. The highest BCUT2D eigenvalue weighted by Crippen LogP contribution is 2.13. The minimum absolute atomic E-state index is 0.0479. The third kappa shape index (κ3) is 1.84. The minimum Gasteiger partial charge on any atom is -0.464 e. The van der Waals surface area contributed by atoms with E-state index in [4.69, 9.17) is 4.74 Å². The molecule has 0 saturated carbocycles. The third-order valence-corrected chi connectivity index (χ3v) is 2.15. The number of amides is 1. The topological polar surface area (TPSA) is 51.2 Å². The Hall–Kier alpha value is -1.58. The molecule has 1 aromatic rings. The summed E-state index contributed by atoms with van der Waals surface area (Å²) >= 11 is 0. The van der Waals surface area contributed by atoms with Crippen LogP contribution in [0.2, 0.25) is 0 Å². The zero-order valence-electron chi connectivity index (χ0n) is 7.99. The number of aryl methyl sites for hydroxylation is 1. The van der Waals surface area contributed by atoms with Gasteiger partial charge in [-0.3, -0.25) is 4.79 Å². The second-order valence-electron chi connectivity index (χ2n) is 3.36. The maximum absolute atomic E-state index is 11.2. The first kappa shape index (κ1) is 8.99. The summed E-state index contributed by atoms with van der Waals surface area (Å²) in [6.07, 6.45) is 2.02. The lowest BCUT2D eigenvalue weighted by molar-refractivity contribution is -0.125. The Morgan fingerprint density at radius 1 is 1.64 bits per heavy atom. The highest BCUT2D eigenvalue weighted by atomic mass is 16.5. The van der Waals surface area contributed by atoms with Crippen LogP contribution >= 0.6 is 0 Å². The van der Waals surface area contributed by atoms with Crippen molar-refractivity contribution in [3.63, 3.8) is 0 Å². The van der Waals surface area contributed by atoms with Crippen molar-refractivity contribution in [2.24, 2.45) is 0 Å². The van der Waals surface area contributed by atoms with Gasteiger partial charge in [0.05, 0.1) is 0 Å². The smallest absolute Gasteiger partial charge is 0.261 e. The number of nitrogens with zero attached hydrogens (tertiary/aromatic N) is 1. The van der Waals surface area contributed by atoms with Crippen molar-refractivity contribution in [3.8, 4) is 5.88 Å². The number of carbonyl (C=O) groups is 1. The van der Waals surface area contributed by atoms with Crippen molar-refractivity contribution in [2.45, 2.75) is 19.4 Å². The first-order valence-electron chi connectivity index (χ1n) is 4.63. The summed E-state index contributed by atoms with van der Waals surface area (Å²) in [6.45, 7) is 2.65. The maximum Gasteiger partial charge on any atom is 0.261 e. The standard InChI is InChI=1S/C10H12N2O2/c1-7-2-4-11-9(6-7)14-8-3-5-12-10(8)13/h2,4,6,8H,3,5H2,1H3,(H,12,13). The molecule has 1 N–H and O–H groups in total. The van der Waals surface area contributed by atoms with Gasteiger partial charge in [0.15, 0.2) is 6.10 Å². The molecule has 1 aromatic heterocycles. The fraction of sp³-hybridized carbons (Fsp3) is 0.400. The van der Waals surface area contributed by atoms with Gasteiger partial charge < -0.3 is 10.1 Å². The molecule has 4 heteroatoms. The van der Waals surface area contributed by atoms with Crippen LogP contribution in [0, 0.1) is 6.92 Å². The Labute approximate surface area is 82.3 Å². The van der Waals surface area contributed by atoms with Crippen LogP contribution in [0.5, 0.6) is 5.88 Å². The molecule has 1 saturated heterocycles. The maximum atomic E-state index is 11.2. The van der Waals surface area contributed by atoms with Crippen molar-refractivity contribution >= 4 is 5.91 Å². The summed E-state index contributed by atoms with van der Waals surface area (Å²) in [5.41, 5.74) is 1.08. The van der Waals surface area contributed by atoms with Crippen LogP contribution in [0.3, 0.4) is 0 Å². The highest BCUT2D eigenvalue weighted by Gasteiger charge is 2.25. The van der Waals surface area contributed by atoms with Gasteiger partial charge in [0.25, 0.3) is 5.91 Å². The van der Waals surface area contributed by atoms with Crippen molar-refractivity contribution in [1.29, 1.82) is 0 Å². The van der Waals surface area contributed by atoms with Crippen molar-refractivity contribution < 1.29 is 9.53 Å². The fourth-order valence-electron chi connectivity index (χ4n) is 1.40. The first-order valence-corrected chi connectivity index (χ1v) is 4.63. The van der Waals surface area contributed by atoms with E-state index < -0.39 is 0 Å². The zero-order valence-corrected chi connectivity index (χ0v) is 7.99. The van der Waals surface area contributed by atoms with Crippen LogP contribution in [0.15, 0.2) is 18.3 Å². The largest absolute Gasteiger partial charge is 0.464 e. The van der Waals surface area contributed by atoms with Crippen molar-refractivity contribution in [3.05, 3.63) is 23.9 Å². The molecule has 0 radical (unpaired) electrons. The lowest BCUT2D eigenvalue weighted by Gasteiger charge is -2.09. The summed E-state index contributed by atoms with van der Waals surface area (Å²) in [5.74, 6) is 0.473. The van der Waals surface area contributed by atoms with Crippen LogP contribution in [0.4, 0.5) is 0 Å². The summed E-state index contributed by atoms with van der Waals surface area (Å²) in [7, 11) is 0. The van der Waals surface area contributed by atoms with Gasteiger partial charge in [0, 0.05) is 25.2 Å². The van der Waals surface area contributed by atoms with Gasteiger partial charge in [-0.25, -0.2) is 4.98 Å². The van der Waals surface area contributed by atoms with E-state index in [0.29, 0.717) is 18.8 Å². The molecule has 74 valence electrons. The van der Waals surface area contributed by atoms with Gasteiger partial charge in [-0.1, -0.05) is 0 Å². The van der Waals surface area contributed by atoms with Gasteiger partial charge >= 0.3 is 0 Å². The molecule has 4 nitrogen and oxygen atoms in total. The number of aromatic nitrogens is 1. The minimum atomic E-state index is -0.371.